The number of nitrogens with zero attached hydrogens (tertiary/aromatic N) is 2. The molecule has 0 fully saturated rings. The standard InChI is InChI=1S/C12H21N3O3/c1-5-12(6-2,11(16)17)13-7-9-14-10(8(3)4)15-18-9/h8,13H,5-7H2,1-4H3,(H,16,17). The van der Waals surface area contributed by atoms with Crippen molar-refractivity contribution in [1.29, 1.82) is 0 Å². The lowest BCUT2D eigenvalue weighted by Crippen LogP contribution is -2.50. The third-order valence-corrected chi connectivity index (χ3v) is 3.19. The van der Waals surface area contributed by atoms with Gasteiger partial charge >= 0.3 is 5.97 Å². The summed E-state index contributed by atoms with van der Waals surface area (Å²) in [6.45, 7) is 7.91. The fraction of sp³-hybridized carbons (Fsp3) is 0.750. The van der Waals surface area contributed by atoms with E-state index in [-0.39, 0.29) is 12.5 Å². The van der Waals surface area contributed by atoms with Crippen molar-refractivity contribution in [3.05, 3.63) is 11.7 Å². The third-order valence-electron chi connectivity index (χ3n) is 3.19. The average molecular weight is 255 g/mol. The maximum atomic E-state index is 11.3. The first-order chi connectivity index (χ1) is 8.45. The van der Waals surface area contributed by atoms with Crippen molar-refractivity contribution >= 4 is 5.97 Å². The number of rotatable bonds is 7. The number of hydrogen-bond acceptors (Lipinski definition) is 5. The molecule has 6 nitrogen and oxygen atoms in total. The molecule has 1 aromatic rings. The maximum Gasteiger partial charge on any atom is 0.323 e. The van der Waals surface area contributed by atoms with Gasteiger partial charge in [0.1, 0.15) is 5.54 Å². The van der Waals surface area contributed by atoms with Gasteiger partial charge < -0.3 is 9.63 Å². The number of aliphatic carboxylic acids is 1. The topological polar surface area (TPSA) is 88.3 Å². The fourth-order valence-corrected chi connectivity index (χ4v) is 1.70. The molecule has 6 heteroatoms. The van der Waals surface area contributed by atoms with Crippen molar-refractivity contribution in [1.82, 2.24) is 15.5 Å². The summed E-state index contributed by atoms with van der Waals surface area (Å²) in [5.74, 6) is 0.409. The second kappa shape index (κ2) is 5.95. The zero-order valence-corrected chi connectivity index (χ0v) is 11.4. The van der Waals surface area contributed by atoms with E-state index in [4.69, 9.17) is 4.52 Å². The Morgan fingerprint density at radius 3 is 2.44 bits per heavy atom. The summed E-state index contributed by atoms with van der Waals surface area (Å²) in [6, 6.07) is 0. The molecule has 102 valence electrons. The Kier molecular flexibility index (Phi) is 4.84. The number of aromatic nitrogens is 2. The van der Waals surface area contributed by atoms with Crippen LogP contribution in [-0.2, 0) is 11.3 Å². The molecular formula is C12H21N3O3. The Balaban J connectivity index is 2.70. The van der Waals surface area contributed by atoms with Gasteiger partial charge in [-0.3, -0.25) is 10.1 Å². The van der Waals surface area contributed by atoms with Gasteiger partial charge in [-0.15, -0.1) is 0 Å². The van der Waals surface area contributed by atoms with Gasteiger partial charge in [-0.05, 0) is 12.8 Å². The van der Waals surface area contributed by atoms with Crippen molar-refractivity contribution in [3.8, 4) is 0 Å². The minimum absolute atomic E-state index is 0.198. The molecule has 18 heavy (non-hydrogen) atoms. The SMILES string of the molecule is CCC(CC)(NCc1nc(C(C)C)no1)C(=O)O. The lowest BCUT2D eigenvalue weighted by Gasteiger charge is -2.27. The van der Waals surface area contributed by atoms with Gasteiger partial charge in [-0.1, -0.05) is 32.9 Å². The largest absolute Gasteiger partial charge is 0.480 e. The summed E-state index contributed by atoms with van der Waals surface area (Å²) in [5, 5.41) is 16.1. The zero-order chi connectivity index (χ0) is 13.8. The second-order valence-electron chi connectivity index (χ2n) is 4.65. The number of hydrogen-bond donors (Lipinski definition) is 2. The van der Waals surface area contributed by atoms with Crippen LogP contribution >= 0.6 is 0 Å². The van der Waals surface area contributed by atoms with Crippen molar-refractivity contribution < 1.29 is 14.4 Å². The van der Waals surface area contributed by atoms with Crippen molar-refractivity contribution in [2.75, 3.05) is 0 Å². The Bertz CT molecular complexity index is 397. The zero-order valence-electron chi connectivity index (χ0n) is 11.4. The quantitative estimate of drug-likeness (QED) is 0.774. The van der Waals surface area contributed by atoms with Gasteiger partial charge in [-0.2, -0.15) is 4.98 Å². The minimum atomic E-state index is -0.924. The number of carboxylic acids is 1. The average Bonchev–Trinajstić information content (AvgIpc) is 2.79. The van der Waals surface area contributed by atoms with Crippen LogP contribution in [0.2, 0.25) is 0 Å². The van der Waals surface area contributed by atoms with Crippen LogP contribution in [0, 0.1) is 0 Å². The van der Waals surface area contributed by atoms with Gasteiger partial charge in [0.2, 0.25) is 5.89 Å². The number of nitrogens with one attached hydrogen (secondary N) is 1. The molecule has 0 spiro atoms. The first kappa shape index (κ1) is 14.6. The van der Waals surface area contributed by atoms with Crippen LogP contribution in [0.5, 0.6) is 0 Å². The number of carboxylic acid groups (broad SMARTS) is 1. The van der Waals surface area contributed by atoms with Gasteiger partial charge in [0.15, 0.2) is 5.82 Å². The molecule has 0 unspecified atom stereocenters. The highest BCUT2D eigenvalue weighted by atomic mass is 16.5. The minimum Gasteiger partial charge on any atom is -0.480 e. The smallest absolute Gasteiger partial charge is 0.323 e. The Labute approximate surface area is 107 Å². The second-order valence-corrected chi connectivity index (χ2v) is 4.65. The maximum absolute atomic E-state index is 11.3. The molecule has 0 amide bonds. The predicted molar refractivity (Wildman–Crippen MR) is 66.2 cm³/mol. The van der Waals surface area contributed by atoms with E-state index in [0.717, 1.165) is 0 Å². The molecule has 2 N–H and O–H groups in total. The van der Waals surface area contributed by atoms with E-state index in [2.05, 4.69) is 15.5 Å². The highest BCUT2D eigenvalue weighted by Crippen LogP contribution is 2.17. The van der Waals surface area contributed by atoms with Crippen LogP contribution in [0.3, 0.4) is 0 Å². The molecular weight excluding hydrogens is 234 g/mol. The predicted octanol–water partition coefficient (Wildman–Crippen LogP) is 1.93. The van der Waals surface area contributed by atoms with Crippen LogP contribution in [-0.4, -0.2) is 26.8 Å². The Hall–Kier alpha value is -1.43. The molecule has 0 aliphatic rings. The van der Waals surface area contributed by atoms with Crippen LogP contribution in [0.4, 0.5) is 0 Å². The molecule has 0 aromatic carbocycles. The van der Waals surface area contributed by atoms with Crippen LogP contribution in [0.1, 0.15) is 58.2 Å². The molecule has 1 rings (SSSR count). The Morgan fingerprint density at radius 2 is 2.06 bits per heavy atom. The fourth-order valence-electron chi connectivity index (χ4n) is 1.70. The summed E-state index contributed by atoms with van der Waals surface area (Å²) in [5.41, 5.74) is -0.924. The van der Waals surface area contributed by atoms with E-state index < -0.39 is 11.5 Å². The first-order valence-corrected chi connectivity index (χ1v) is 6.26. The van der Waals surface area contributed by atoms with Gasteiger partial charge in [0, 0.05) is 5.92 Å². The van der Waals surface area contributed by atoms with Gasteiger partial charge in [-0.25, -0.2) is 0 Å². The third kappa shape index (κ3) is 3.07. The molecule has 0 saturated carbocycles. The first-order valence-electron chi connectivity index (χ1n) is 6.26. The van der Waals surface area contributed by atoms with Crippen molar-refractivity contribution in [2.45, 2.75) is 58.5 Å². The van der Waals surface area contributed by atoms with E-state index in [9.17, 15) is 9.90 Å². The lowest BCUT2D eigenvalue weighted by atomic mass is 9.93. The number of carbonyl (C=O) groups is 1. The molecule has 0 aliphatic heterocycles. The van der Waals surface area contributed by atoms with Crippen LogP contribution < -0.4 is 5.32 Å². The molecule has 0 atom stereocenters. The van der Waals surface area contributed by atoms with Gasteiger partial charge in [0.25, 0.3) is 0 Å². The van der Waals surface area contributed by atoms with Crippen LogP contribution in [0.25, 0.3) is 0 Å². The highest BCUT2D eigenvalue weighted by Gasteiger charge is 2.34. The normalized spacial score (nSPS) is 12.1. The summed E-state index contributed by atoms with van der Waals surface area (Å²) >= 11 is 0. The van der Waals surface area contributed by atoms with E-state index in [1.165, 1.54) is 0 Å². The van der Waals surface area contributed by atoms with E-state index in [1.54, 1.807) is 0 Å². The summed E-state index contributed by atoms with van der Waals surface area (Å²) in [6.07, 6.45) is 1.01. The Morgan fingerprint density at radius 1 is 1.44 bits per heavy atom. The summed E-state index contributed by atoms with van der Waals surface area (Å²) in [4.78, 5) is 15.5. The van der Waals surface area contributed by atoms with Crippen LogP contribution in [0.15, 0.2) is 4.52 Å². The summed E-state index contributed by atoms with van der Waals surface area (Å²) < 4.78 is 5.07. The molecule has 0 radical (unpaired) electrons. The van der Waals surface area contributed by atoms with E-state index >= 15 is 0 Å². The van der Waals surface area contributed by atoms with Gasteiger partial charge in [0.05, 0.1) is 6.54 Å². The molecule has 1 aromatic heterocycles. The highest BCUT2D eigenvalue weighted by molar-refractivity contribution is 5.78. The van der Waals surface area contributed by atoms with E-state index in [1.807, 2.05) is 27.7 Å². The van der Waals surface area contributed by atoms with E-state index in [0.29, 0.717) is 24.6 Å². The molecule has 0 bridgehead atoms. The summed E-state index contributed by atoms with van der Waals surface area (Å²) in [7, 11) is 0. The monoisotopic (exact) mass is 255 g/mol. The van der Waals surface area contributed by atoms with Crippen molar-refractivity contribution in [2.24, 2.45) is 0 Å². The lowest BCUT2D eigenvalue weighted by molar-refractivity contribution is -0.145. The van der Waals surface area contributed by atoms with Crippen molar-refractivity contribution in [3.63, 3.8) is 0 Å². The molecule has 0 aliphatic carbocycles. The molecule has 1 heterocycles. The molecule has 0 saturated heterocycles.